The van der Waals surface area contributed by atoms with E-state index in [-0.39, 0.29) is 11.8 Å². The molecule has 2 amide bonds. The quantitative estimate of drug-likeness (QED) is 0.438. The maximum absolute atomic E-state index is 12.8. The lowest BCUT2D eigenvalue weighted by Gasteiger charge is -2.46. The van der Waals surface area contributed by atoms with Crippen LogP contribution in [0.1, 0.15) is 35.8 Å². The molecule has 3 atom stereocenters. The normalized spacial score (nSPS) is 20.6. The number of nitrogens with zero attached hydrogens (tertiary/aromatic N) is 1. The number of halogens is 1. The van der Waals surface area contributed by atoms with Crippen molar-refractivity contribution >= 4 is 23.4 Å². The van der Waals surface area contributed by atoms with Gasteiger partial charge in [0.15, 0.2) is 12.4 Å². The first kappa shape index (κ1) is 18.6. The van der Waals surface area contributed by atoms with Crippen LogP contribution in [0.5, 0.6) is 0 Å². The number of carbonyl (C=O) groups excluding carboxylic acids is 2. The number of carbonyl (C=O) groups is 2. The summed E-state index contributed by atoms with van der Waals surface area (Å²) in [5.41, 5.74) is 1.24. The molecule has 0 saturated carbocycles. The molecule has 1 heterocycles. The smallest absolute Gasteiger partial charge is 0.261 e. The van der Waals surface area contributed by atoms with E-state index in [2.05, 4.69) is 0 Å². The van der Waals surface area contributed by atoms with Crippen molar-refractivity contribution in [2.24, 2.45) is 0 Å². The highest BCUT2D eigenvalue weighted by atomic mass is 35.5. The topological polar surface area (TPSA) is 55.8 Å². The van der Waals surface area contributed by atoms with Gasteiger partial charge in [-0.2, -0.15) is 0 Å². The van der Waals surface area contributed by atoms with Gasteiger partial charge in [-0.1, -0.05) is 41.9 Å². The van der Waals surface area contributed by atoms with Gasteiger partial charge < -0.3 is 9.47 Å². The second-order valence-electron chi connectivity index (χ2n) is 5.96. The van der Waals surface area contributed by atoms with Crippen molar-refractivity contribution in [3.8, 4) is 0 Å². The average molecular weight is 374 g/mol. The van der Waals surface area contributed by atoms with Gasteiger partial charge in [-0.15, -0.1) is 0 Å². The molecule has 2 aromatic carbocycles. The predicted octanol–water partition coefficient (Wildman–Crippen LogP) is 3.83. The molecule has 1 fully saturated rings. The number of β-lactam (4-membered cyclic amide) rings is 1. The summed E-state index contributed by atoms with van der Waals surface area (Å²) < 4.78 is 11.1. The van der Waals surface area contributed by atoms with Crippen molar-refractivity contribution in [2.45, 2.75) is 32.3 Å². The van der Waals surface area contributed by atoms with Gasteiger partial charge in [0.1, 0.15) is 6.04 Å². The Hall–Kier alpha value is -2.21. The number of imide groups is 1. The Bertz CT molecular complexity index is 778. The lowest BCUT2D eigenvalue weighted by Crippen LogP contribution is -2.62. The van der Waals surface area contributed by atoms with Crippen LogP contribution in [0.4, 0.5) is 0 Å². The molecule has 0 aromatic heterocycles. The highest BCUT2D eigenvalue weighted by Gasteiger charge is 2.53. The van der Waals surface area contributed by atoms with Crippen LogP contribution in [-0.4, -0.2) is 35.7 Å². The first-order chi connectivity index (χ1) is 12.5. The van der Waals surface area contributed by atoms with E-state index in [1.807, 2.05) is 13.0 Å². The van der Waals surface area contributed by atoms with E-state index in [4.69, 9.17) is 21.1 Å². The maximum Gasteiger partial charge on any atom is 0.261 e. The summed E-state index contributed by atoms with van der Waals surface area (Å²) >= 11 is 5.96. The lowest BCUT2D eigenvalue weighted by molar-refractivity contribution is -0.209. The van der Waals surface area contributed by atoms with Crippen LogP contribution < -0.4 is 0 Å². The molecule has 0 aliphatic carbocycles. The number of ether oxygens (including phenoxy) is 2. The molecule has 0 spiro atoms. The van der Waals surface area contributed by atoms with Gasteiger partial charge in [0.2, 0.25) is 0 Å². The second kappa shape index (κ2) is 7.99. The van der Waals surface area contributed by atoms with Crippen molar-refractivity contribution < 1.29 is 19.1 Å². The number of rotatable bonds is 6. The molecule has 0 radical (unpaired) electrons. The van der Waals surface area contributed by atoms with E-state index in [9.17, 15) is 9.59 Å². The lowest BCUT2D eigenvalue weighted by atomic mass is 9.89. The van der Waals surface area contributed by atoms with Crippen molar-refractivity contribution in [3.05, 3.63) is 70.7 Å². The van der Waals surface area contributed by atoms with Crippen LogP contribution in [0.25, 0.3) is 0 Å². The molecule has 0 bridgehead atoms. The summed E-state index contributed by atoms with van der Waals surface area (Å²) in [4.78, 5) is 26.7. The monoisotopic (exact) mass is 373 g/mol. The highest BCUT2D eigenvalue weighted by Crippen LogP contribution is 2.39. The van der Waals surface area contributed by atoms with Crippen molar-refractivity contribution in [1.29, 1.82) is 0 Å². The third-order valence-corrected chi connectivity index (χ3v) is 4.49. The molecule has 2 aromatic rings. The standard InChI is InChI=1S/C20H20ClNO4/c1-3-25-13(2)26-18-17(14-9-11-16(21)12-10-14)22(20(18)24)19(23)15-7-5-4-6-8-15/h4-13,17-18H,3H2,1-2H3. The van der Waals surface area contributed by atoms with Crippen molar-refractivity contribution in [2.75, 3.05) is 6.61 Å². The maximum atomic E-state index is 12.8. The Balaban J connectivity index is 1.89. The van der Waals surface area contributed by atoms with E-state index in [1.165, 1.54) is 4.90 Å². The first-order valence-corrected chi connectivity index (χ1v) is 8.85. The first-order valence-electron chi connectivity index (χ1n) is 8.48. The van der Waals surface area contributed by atoms with E-state index in [0.29, 0.717) is 17.2 Å². The minimum Gasteiger partial charge on any atom is -0.353 e. The van der Waals surface area contributed by atoms with Gasteiger partial charge in [0, 0.05) is 17.2 Å². The van der Waals surface area contributed by atoms with Gasteiger partial charge in [-0.25, -0.2) is 0 Å². The van der Waals surface area contributed by atoms with Gasteiger partial charge in [0.25, 0.3) is 11.8 Å². The minimum absolute atomic E-state index is 0.348. The molecular formula is C20H20ClNO4. The van der Waals surface area contributed by atoms with Crippen LogP contribution in [0.15, 0.2) is 54.6 Å². The Morgan fingerprint density at radius 3 is 2.42 bits per heavy atom. The molecule has 1 aliphatic rings. The third kappa shape index (κ3) is 3.65. The van der Waals surface area contributed by atoms with Gasteiger partial charge in [-0.3, -0.25) is 14.5 Å². The molecule has 6 heteroatoms. The molecular weight excluding hydrogens is 354 g/mol. The molecule has 3 rings (SSSR count). The highest BCUT2D eigenvalue weighted by molar-refractivity contribution is 6.30. The Morgan fingerprint density at radius 2 is 1.81 bits per heavy atom. The third-order valence-electron chi connectivity index (χ3n) is 4.24. The fraction of sp³-hybridized carbons (Fsp3) is 0.300. The fourth-order valence-corrected chi connectivity index (χ4v) is 3.13. The van der Waals surface area contributed by atoms with Gasteiger partial charge >= 0.3 is 0 Å². The van der Waals surface area contributed by atoms with Crippen LogP contribution in [0.3, 0.4) is 0 Å². The zero-order valence-electron chi connectivity index (χ0n) is 14.6. The number of likely N-dealkylation sites (tertiary alicyclic amines) is 1. The van der Waals surface area contributed by atoms with Crippen LogP contribution >= 0.6 is 11.6 Å². The minimum atomic E-state index is -0.773. The van der Waals surface area contributed by atoms with Crippen molar-refractivity contribution in [1.82, 2.24) is 4.90 Å². The molecule has 1 saturated heterocycles. The average Bonchev–Trinajstić information content (AvgIpc) is 2.65. The molecule has 0 N–H and O–H groups in total. The number of amides is 2. The number of hydrogen-bond acceptors (Lipinski definition) is 4. The Kier molecular flexibility index (Phi) is 5.71. The zero-order valence-corrected chi connectivity index (χ0v) is 15.3. The van der Waals surface area contributed by atoms with E-state index in [1.54, 1.807) is 55.5 Å². The Morgan fingerprint density at radius 1 is 1.15 bits per heavy atom. The van der Waals surface area contributed by atoms with Crippen LogP contribution in [0.2, 0.25) is 5.02 Å². The summed E-state index contributed by atoms with van der Waals surface area (Å²) in [6.45, 7) is 4.06. The van der Waals surface area contributed by atoms with Gasteiger partial charge in [0.05, 0.1) is 0 Å². The van der Waals surface area contributed by atoms with Crippen molar-refractivity contribution in [3.63, 3.8) is 0 Å². The predicted molar refractivity (Wildman–Crippen MR) is 97.8 cm³/mol. The molecule has 5 nitrogen and oxygen atoms in total. The summed E-state index contributed by atoms with van der Waals surface area (Å²) in [5, 5.41) is 0.584. The molecule has 136 valence electrons. The Labute approximate surface area is 157 Å². The zero-order chi connectivity index (χ0) is 18.7. The summed E-state index contributed by atoms with van der Waals surface area (Å²) in [5.74, 6) is -0.718. The molecule has 1 aliphatic heterocycles. The van der Waals surface area contributed by atoms with Gasteiger partial charge in [-0.05, 0) is 43.7 Å². The molecule has 3 unspecified atom stereocenters. The SMILES string of the molecule is CCOC(C)OC1C(=O)N(C(=O)c2ccccc2)C1c1ccc(Cl)cc1. The largest absolute Gasteiger partial charge is 0.353 e. The summed E-state index contributed by atoms with van der Waals surface area (Å²) in [7, 11) is 0. The molecule has 26 heavy (non-hydrogen) atoms. The summed E-state index contributed by atoms with van der Waals surface area (Å²) in [6, 6.07) is 15.3. The fourth-order valence-electron chi connectivity index (χ4n) is 3.01. The summed E-state index contributed by atoms with van der Waals surface area (Å²) in [6.07, 6.45) is -1.32. The van der Waals surface area contributed by atoms with E-state index < -0.39 is 18.4 Å². The van der Waals surface area contributed by atoms with E-state index >= 15 is 0 Å². The van der Waals surface area contributed by atoms with Crippen LogP contribution in [0, 0.1) is 0 Å². The van der Waals surface area contributed by atoms with E-state index in [0.717, 1.165) is 5.56 Å². The second-order valence-corrected chi connectivity index (χ2v) is 6.39. The van der Waals surface area contributed by atoms with Crippen LogP contribution in [-0.2, 0) is 14.3 Å². The number of benzene rings is 2. The number of hydrogen-bond donors (Lipinski definition) is 0.